The van der Waals surface area contributed by atoms with Crippen LogP contribution in [0, 0.1) is 0 Å². The van der Waals surface area contributed by atoms with E-state index in [1.165, 1.54) is 0 Å². The normalized spacial score (nSPS) is 19.0. The Labute approximate surface area is 142 Å². The fraction of sp³-hybridized carbons (Fsp3) is 0.385. The fourth-order valence-corrected chi connectivity index (χ4v) is 3.48. The van der Waals surface area contributed by atoms with Gasteiger partial charge in [0.25, 0.3) is 3.79 Å². The smallest absolute Gasteiger partial charge is 0.223 e. The van der Waals surface area contributed by atoms with E-state index in [0.717, 1.165) is 18.7 Å². The van der Waals surface area contributed by atoms with Crippen molar-refractivity contribution >= 4 is 57.5 Å². The van der Waals surface area contributed by atoms with Gasteiger partial charge in [-0.25, -0.2) is 9.30 Å². The SMILES string of the molecule is CCN(CC)S1=NC(C(Cl)(Cl)Cl)=NC(c2ccccc2)=N1. The van der Waals surface area contributed by atoms with Crippen molar-refractivity contribution < 1.29 is 0 Å². The molecule has 0 saturated carbocycles. The molecular formula is C13H15Cl3N4S. The molecule has 0 amide bonds. The minimum absolute atomic E-state index is 0.177. The van der Waals surface area contributed by atoms with E-state index in [4.69, 9.17) is 34.8 Å². The first-order valence-corrected chi connectivity index (χ1v) is 8.70. The third-order valence-corrected chi connectivity index (χ3v) is 4.93. The highest BCUT2D eigenvalue weighted by Crippen LogP contribution is 2.31. The van der Waals surface area contributed by atoms with Crippen LogP contribution in [-0.4, -0.2) is 32.9 Å². The summed E-state index contributed by atoms with van der Waals surface area (Å²) in [5.41, 5.74) is 0.879. The summed E-state index contributed by atoms with van der Waals surface area (Å²) in [4.78, 5) is 4.31. The molecular weight excluding hydrogens is 351 g/mol. The number of aliphatic imine (C=N–C) groups is 1. The van der Waals surface area contributed by atoms with Crippen LogP contribution in [0.4, 0.5) is 0 Å². The molecule has 0 N–H and O–H groups in total. The number of halogens is 3. The molecule has 8 heteroatoms. The van der Waals surface area contributed by atoms with Crippen molar-refractivity contribution in [2.75, 3.05) is 13.1 Å². The summed E-state index contributed by atoms with van der Waals surface area (Å²) in [5, 5.41) is 0. The van der Waals surface area contributed by atoms with Crippen LogP contribution in [-0.2, 0) is 11.1 Å². The quantitative estimate of drug-likeness (QED) is 0.737. The molecule has 1 aromatic carbocycles. The second-order valence-electron chi connectivity index (χ2n) is 4.16. The van der Waals surface area contributed by atoms with Gasteiger partial charge in [-0.1, -0.05) is 79.0 Å². The lowest BCUT2D eigenvalue weighted by atomic mass is 10.2. The number of hydrogen-bond acceptors (Lipinski definition) is 4. The zero-order valence-corrected chi connectivity index (χ0v) is 14.7. The summed E-state index contributed by atoms with van der Waals surface area (Å²) in [7, 11) is 0. The van der Waals surface area contributed by atoms with E-state index < -0.39 is 14.9 Å². The number of alkyl halides is 3. The van der Waals surface area contributed by atoms with Gasteiger partial charge in [-0.05, 0) is 0 Å². The van der Waals surface area contributed by atoms with Gasteiger partial charge in [-0.2, -0.15) is 8.76 Å². The van der Waals surface area contributed by atoms with Crippen LogP contribution in [0.25, 0.3) is 0 Å². The Balaban J connectivity index is 2.49. The van der Waals surface area contributed by atoms with Crippen molar-refractivity contribution in [3.63, 3.8) is 0 Å². The second-order valence-corrected chi connectivity index (χ2v) is 7.82. The summed E-state index contributed by atoms with van der Waals surface area (Å²) in [5.74, 6) is 0.721. The number of amidine groups is 2. The van der Waals surface area contributed by atoms with E-state index in [9.17, 15) is 0 Å². The first kappa shape index (κ1) is 16.9. The number of benzene rings is 1. The maximum absolute atomic E-state index is 5.96. The van der Waals surface area contributed by atoms with Crippen molar-refractivity contribution in [2.24, 2.45) is 13.8 Å². The molecule has 1 unspecified atom stereocenters. The van der Waals surface area contributed by atoms with Crippen LogP contribution >= 0.6 is 34.8 Å². The Bertz CT molecular complexity index is 589. The molecule has 2 rings (SSSR count). The molecule has 0 bridgehead atoms. The van der Waals surface area contributed by atoms with Crippen LogP contribution in [0.5, 0.6) is 0 Å². The topological polar surface area (TPSA) is 40.3 Å². The standard InChI is InChI=1S/C13H15Cl3N4S/c1-3-20(4-2)21-18-11(10-8-6-5-7-9-10)17-12(19-21)13(14,15)16/h5-9H,3-4H2,1-2H3. The molecule has 4 nitrogen and oxygen atoms in total. The third kappa shape index (κ3) is 4.27. The monoisotopic (exact) mass is 364 g/mol. The van der Waals surface area contributed by atoms with Crippen LogP contribution in [0.1, 0.15) is 19.4 Å². The highest BCUT2D eigenvalue weighted by molar-refractivity contribution is 7.84. The minimum atomic E-state index is -1.66. The Morgan fingerprint density at radius 2 is 1.71 bits per heavy atom. The molecule has 1 atom stereocenters. The third-order valence-electron chi connectivity index (χ3n) is 2.77. The van der Waals surface area contributed by atoms with E-state index in [2.05, 4.69) is 18.1 Å². The summed E-state index contributed by atoms with van der Waals surface area (Å²) >= 11 is 17.1. The van der Waals surface area contributed by atoms with Gasteiger partial charge in [0.15, 0.2) is 11.7 Å². The Kier molecular flexibility index (Phi) is 5.80. The van der Waals surface area contributed by atoms with Gasteiger partial charge in [0.05, 0.1) is 0 Å². The predicted octanol–water partition coefficient (Wildman–Crippen LogP) is 4.19. The van der Waals surface area contributed by atoms with Crippen LogP contribution in [0.15, 0.2) is 44.1 Å². The highest BCUT2D eigenvalue weighted by atomic mass is 35.6. The van der Waals surface area contributed by atoms with Crippen LogP contribution in [0.3, 0.4) is 0 Å². The maximum atomic E-state index is 5.96. The molecule has 1 aromatic rings. The van der Waals surface area contributed by atoms with Crippen molar-refractivity contribution in [3.8, 4) is 0 Å². The molecule has 21 heavy (non-hydrogen) atoms. The zero-order valence-electron chi connectivity index (χ0n) is 11.6. The number of nitrogens with zero attached hydrogens (tertiary/aromatic N) is 4. The summed E-state index contributed by atoms with van der Waals surface area (Å²) in [6, 6.07) is 9.62. The van der Waals surface area contributed by atoms with E-state index in [1.54, 1.807) is 0 Å². The molecule has 0 aliphatic carbocycles. The summed E-state index contributed by atoms with van der Waals surface area (Å²) in [6.07, 6.45) is 0. The Morgan fingerprint density at radius 1 is 1.10 bits per heavy atom. The summed E-state index contributed by atoms with van der Waals surface area (Å²) in [6.45, 7) is 5.71. The lowest BCUT2D eigenvalue weighted by Gasteiger charge is -2.23. The van der Waals surface area contributed by atoms with E-state index >= 15 is 0 Å². The van der Waals surface area contributed by atoms with Gasteiger partial charge in [0.1, 0.15) is 11.1 Å². The summed E-state index contributed by atoms with van der Waals surface area (Å²) < 4.78 is 9.42. The van der Waals surface area contributed by atoms with Gasteiger partial charge in [0, 0.05) is 18.7 Å². The molecule has 0 radical (unpaired) electrons. The lowest BCUT2D eigenvalue weighted by Crippen LogP contribution is -2.30. The zero-order chi connectivity index (χ0) is 15.5. The minimum Gasteiger partial charge on any atom is -0.223 e. The highest BCUT2D eigenvalue weighted by Gasteiger charge is 2.32. The lowest BCUT2D eigenvalue weighted by molar-refractivity contribution is 0.518. The van der Waals surface area contributed by atoms with Gasteiger partial charge >= 0.3 is 0 Å². The first-order valence-electron chi connectivity index (χ1n) is 6.47. The molecule has 0 spiro atoms. The van der Waals surface area contributed by atoms with Gasteiger partial charge < -0.3 is 0 Å². The second kappa shape index (κ2) is 7.20. The van der Waals surface area contributed by atoms with Crippen molar-refractivity contribution in [1.29, 1.82) is 0 Å². The average Bonchev–Trinajstić information content (AvgIpc) is 2.48. The van der Waals surface area contributed by atoms with E-state index in [0.29, 0.717) is 5.84 Å². The van der Waals surface area contributed by atoms with Crippen molar-refractivity contribution in [1.82, 2.24) is 4.31 Å². The number of rotatable bonds is 4. The Hall–Kier alpha value is -0.460. The molecule has 0 aromatic heterocycles. The number of hydrogen-bond donors (Lipinski definition) is 0. The van der Waals surface area contributed by atoms with E-state index in [-0.39, 0.29) is 5.84 Å². The van der Waals surface area contributed by atoms with Crippen molar-refractivity contribution in [2.45, 2.75) is 17.6 Å². The van der Waals surface area contributed by atoms with Gasteiger partial charge in [-0.15, -0.1) is 0 Å². The maximum Gasteiger partial charge on any atom is 0.250 e. The predicted molar refractivity (Wildman–Crippen MR) is 93.4 cm³/mol. The van der Waals surface area contributed by atoms with Crippen molar-refractivity contribution in [3.05, 3.63) is 35.9 Å². The van der Waals surface area contributed by atoms with Gasteiger partial charge in [0.2, 0.25) is 0 Å². The fourth-order valence-electron chi connectivity index (χ4n) is 1.71. The molecule has 0 fully saturated rings. The van der Waals surface area contributed by atoms with Gasteiger partial charge in [-0.3, -0.25) is 0 Å². The van der Waals surface area contributed by atoms with Crippen LogP contribution < -0.4 is 0 Å². The molecule has 1 heterocycles. The average molecular weight is 366 g/mol. The molecule has 0 saturated heterocycles. The molecule has 1 aliphatic heterocycles. The largest absolute Gasteiger partial charge is 0.250 e. The first-order chi connectivity index (χ1) is 9.95. The Morgan fingerprint density at radius 3 is 2.24 bits per heavy atom. The molecule has 1 aliphatic rings. The van der Waals surface area contributed by atoms with Crippen LogP contribution in [0.2, 0.25) is 0 Å². The molecule has 114 valence electrons. The van der Waals surface area contributed by atoms with E-state index in [1.807, 2.05) is 44.2 Å².